The molecular formula is C42H62BrN3O10. The van der Waals surface area contributed by atoms with E-state index in [0.717, 1.165) is 61.5 Å². The molecule has 1 aromatic rings. The van der Waals surface area contributed by atoms with Crippen molar-refractivity contribution in [1.82, 2.24) is 5.32 Å². The van der Waals surface area contributed by atoms with Crippen LogP contribution in [0.15, 0.2) is 33.7 Å². The number of aliphatic imine (C=N–C) groups is 1. The lowest BCUT2D eigenvalue weighted by Gasteiger charge is -2.64. The van der Waals surface area contributed by atoms with Crippen LogP contribution in [0.3, 0.4) is 0 Å². The number of halogens is 1. The van der Waals surface area contributed by atoms with E-state index in [1.54, 1.807) is 0 Å². The zero-order chi connectivity index (χ0) is 39.1. The van der Waals surface area contributed by atoms with Gasteiger partial charge < -0.3 is 39.1 Å². The molecule has 13 nitrogen and oxygen atoms in total. The highest BCUT2D eigenvalue weighted by molar-refractivity contribution is 9.10. The minimum atomic E-state index is -0.992. The van der Waals surface area contributed by atoms with E-state index in [1.165, 1.54) is 0 Å². The number of nitrogens with zero attached hydrogens (tertiary/aromatic N) is 1. The number of benzene rings is 1. The lowest BCUT2D eigenvalue weighted by molar-refractivity contribution is -0.605. The molecule has 14 heteroatoms. The Morgan fingerprint density at radius 1 is 0.786 bits per heavy atom. The van der Waals surface area contributed by atoms with Gasteiger partial charge in [-0.1, -0.05) is 49.7 Å². The molecule has 2 N–H and O–H groups in total. The summed E-state index contributed by atoms with van der Waals surface area (Å²) in [5.74, 6) is 0.111. The molecule has 11 rings (SSSR count). The maximum atomic E-state index is 6.81. The Morgan fingerprint density at radius 3 is 2.32 bits per heavy atom. The molecule has 8 heterocycles. The zero-order valence-corrected chi connectivity index (χ0v) is 35.6. The minimum absolute atomic E-state index is 0.0777. The fourth-order valence-corrected chi connectivity index (χ4v) is 12.6. The Labute approximate surface area is 339 Å². The van der Waals surface area contributed by atoms with Gasteiger partial charge in [-0.15, -0.1) is 0 Å². The van der Waals surface area contributed by atoms with Crippen molar-refractivity contribution in [3.8, 4) is 0 Å². The first-order valence-corrected chi connectivity index (χ1v) is 22.1. The van der Waals surface area contributed by atoms with Crippen molar-refractivity contribution >= 4 is 27.6 Å². The highest BCUT2D eigenvalue weighted by atomic mass is 79.9. The summed E-state index contributed by atoms with van der Waals surface area (Å²) in [6.07, 6.45) is 6.41. The Hall–Kier alpha value is -1.43. The molecule has 1 aromatic carbocycles. The number of rotatable bonds is 9. The maximum absolute atomic E-state index is 6.81. The van der Waals surface area contributed by atoms with Gasteiger partial charge in [0.15, 0.2) is 36.0 Å². The normalized spacial score (nSPS) is 49.4. The second-order valence-electron chi connectivity index (χ2n) is 18.6. The Bertz CT molecular complexity index is 1640. The van der Waals surface area contributed by atoms with Crippen LogP contribution in [0.4, 0.5) is 5.69 Å². The number of guanidine groups is 1. The molecule has 2 saturated carbocycles. The summed E-state index contributed by atoms with van der Waals surface area (Å²) in [7, 11) is 0. The van der Waals surface area contributed by atoms with Gasteiger partial charge >= 0.3 is 0 Å². The van der Waals surface area contributed by atoms with Crippen molar-refractivity contribution in [3.63, 3.8) is 0 Å². The molecule has 2 unspecified atom stereocenters. The van der Waals surface area contributed by atoms with E-state index in [-0.39, 0.29) is 29.6 Å². The van der Waals surface area contributed by atoms with Crippen LogP contribution in [0, 0.1) is 47.3 Å². The number of ether oxygens (including phenoxy) is 6. The van der Waals surface area contributed by atoms with Crippen LogP contribution in [0.2, 0.25) is 0 Å². The van der Waals surface area contributed by atoms with Crippen LogP contribution < -0.4 is 10.6 Å². The molecule has 2 spiro atoms. The molecule has 312 valence electrons. The summed E-state index contributed by atoms with van der Waals surface area (Å²) in [6, 6.07) is 8.01. The van der Waals surface area contributed by atoms with Crippen LogP contribution in [-0.2, 0) is 48.0 Å². The summed E-state index contributed by atoms with van der Waals surface area (Å²) in [5, 5.41) is 6.92. The van der Waals surface area contributed by atoms with E-state index in [2.05, 4.69) is 54.3 Å². The van der Waals surface area contributed by atoms with Crippen LogP contribution in [0.1, 0.15) is 99.8 Å². The first-order valence-electron chi connectivity index (χ1n) is 21.3. The standard InChI is InChI=1S/C42H62BrN3O10/c1-24-11-13-32-26(3)34(49-36-41(32)30(24)15-17-38(5,51-36)53-55-41)47-21-19-44-37(46-29-10-8-9-28(43)23-29)45-20-22-48-35-27(4)33-14-12-25(2)31-16-18-39(6)52-40(7,50-35)42(31,33)56-54-39/h8-10,23-27,30-36H,11-22H2,1-7H3,(H2,44,45,46)/t24-,25-,26-,27-,30+,31+,32+,33+,34+,35-,36-,38+,39+,40-,41?,42?/m1/s1. The second-order valence-corrected chi connectivity index (χ2v) is 19.5. The van der Waals surface area contributed by atoms with Crippen LogP contribution in [0.25, 0.3) is 0 Å². The van der Waals surface area contributed by atoms with Gasteiger partial charge in [-0.3, -0.25) is 4.99 Å². The predicted octanol–water partition coefficient (Wildman–Crippen LogP) is 7.65. The summed E-state index contributed by atoms with van der Waals surface area (Å²) < 4.78 is 40.6. The van der Waals surface area contributed by atoms with Gasteiger partial charge in [0.25, 0.3) is 0 Å². The third-order valence-electron chi connectivity index (χ3n) is 15.0. The predicted molar refractivity (Wildman–Crippen MR) is 208 cm³/mol. The summed E-state index contributed by atoms with van der Waals surface area (Å²) in [4.78, 5) is 29.7. The third-order valence-corrected chi connectivity index (χ3v) is 15.5. The monoisotopic (exact) mass is 847 g/mol. The van der Waals surface area contributed by atoms with E-state index in [9.17, 15) is 0 Å². The number of anilines is 1. The van der Waals surface area contributed by atoms with Gasteiger partial charge in [-0.05, 0) is 101 Å². The van der Waals surface area contributed by atoms with Crippen LogP contribution >= 0.6 is 15.9 Å². The maximum Gasteiger partial charge on any atom is 0.204 e. The smallest absolute Gasteiger partial charge is 0.204 e. The fourth-order valence-electron chi connectivity index (χ4n) is 12.2. The average Bonchev–Trinajstić information content (AvgIpc) is 3.52. The fraction of sp³-hybridized carbons (Fsp3) is 0.833. The van der Waals surface area contributed by atoms with Crippen LogP contribution in [0.5, 0.6) is 0 Å². The summed E-state index contributed by atoms with van der Waals surface area (Å²) >= 11 is 3.59. The van der Waals surface area contributed by atoms with E-state index in [4.69, 9.17) is 53.0 Å². The third kappa shape index (κ3) is 6.60. The van der Waals surface area contributed by atoms with Crippen molar-refractivity contribution in [2.24, 2.45) is 52.3 Å². The molecule has 0 aromatic heterocycles. The van der Waals surface area contributed by atoms with Gasteiger partial charge in [-0.2, -0.15) is 0 Å². The van der Waals surface area contributed by atoms with Crippen molar-refractivity contribution in [2.45, 2.75) is 147 Å². The number of fused-ring (bicyclic) bond motifs is 4. The van der Waals surface area contributed by atoms with Crippen molar-refractivity contribution < 1.29 is 48.0 Å². The molecule has 56 heavy (non-hydrogen) atoms. The lowest BCUT2D eigenvalue weighted by atomic mass is 9.55. The lowest BCUT2D eigenvalue weighted by Crippen LogP contribution is -2.76. The van der Waals surface area contributed by atoms with E-state index in [0.29, 0.717) is 50.0 Å². The minimum Gasteiger partial charge on any atom is -0.354 e. The van der Waals surface area contributed by atoms with Crippen molar-refractivity contribution in [2.75, 3.05) is 31.6 Å². The molecule has 10 fully saturated rings. The Kier molecular flexibility index (Phi) is 10.7. The van der Waals surface area contributed by atoms with Gasteiger partial charge in [0.2, 0.25) is 17.4 Å². The molecule has 0 radical (unpaired) electrons. The number of hydrogen-bond donors (Lipinski definition) is 2. The quantitative estimate of drug-likeness (QED) is 0.110. The Morgan fingerprint density at radius 2 is 1.50 bits per heavy atom. The van der Waals surface area contributed by atoms with Crippen LogP contribution in [-0.4, -0.2) is 79.7 Å². The zero-order valence-electron chi connectivity index (χ0n) is 34.1. The highest BCUT2D eigenvalue weighted by Gasteiger charge is 2.75. The van der Waals surface area contributed by atoms with Gasteiger partial charge in [-0.25, -0.2) is 19.6 Å². The molecule has 10 aliphatic rings. The summed E-state index contributed by atoms with van der Waals surface area (Å²) in [5.41, 5.74) is -0.382. The van der Waals surface area contributed by atoms with E-state index >= 15 is 0 Å². The summed E-state index contributed by atoms with van der Waals surface area (Å²) in [6.45, 7) is 16.7. The first-order chi connectivity index (χ1) is 26.8. The van der Waals surface area contributed by atoms with Gasteiger partial charge in [0, 0.05) is 53.2 Å². The number of hydrogen-bond acceptors (Lipinski definition) is 11. The van der Waals surface area contributed by atoms with E-state index < -0.39 is 47.4 Å². The van der Waals surface area contributed by atoms with Gasteiger partial charge in [0.05, 0.1) is 19.8 Å². The number of nitrogens with one attached hydrogen (secondary N) is 2. The second kappa shape index (κ2) is 14.9. The SMILES string of the molecule is C[C@H]1[C@@H](OCCNC(=NCCO[C@@H]2O[C@]3(C)O[C@]4(C)CC[C@H]5[C@H](C)CC[C@@H]([C@H]2C)C53OO4)Nc2cccc(Br)c2)O[C@@H]2O[C@]3(C)CC[C@H]4[C@H](C)CC[C@@H]1C24OO3. The van der Waals surface area contributed by atoms with Crippen molar-refractivity contribution in [3.05, 3.63) is 28.7 Å². The topological polar surface area (TPSA) is 129 Å². The largest absolute Gasteiger partial charge is 0.354 e. The Balaban J connectivity index is 0.841. The molecule has 8 aliphatic heterocycles. The first kappa shape index (κ1) is 40.0. The van der Waals surface area contributed by atoms with Crippen molar-refractivity contribution in [1.29, 1.82) is 0 Å². The average molecular weight is 849 g/mol. The molecule has 0 amide bonds. The van der Waals surface area contributed by atoms with Gasteiger partial charge in [0.1, 0.15) is 0 Å². The molecule has 4 bridgehead atoms. The molecule has 8 saturated heterocycles. The molecule has 16 atom stereocenters. The highest BCUT2D eigenvalue weighted by Crippen LogP contribution is 2.65. The van der Waals surface area contributed by atoms with E-state index in [1.807, 2.05) is 45.0 Å². The molecule has 2 aliphatic carbocycles. The molecular weight excluding hydrogens is 786 g/mol.